The standard InChI is InChI=1S/C20H22ClN5O/c21-17-3-1-16(2-4-17)19-18(15-5-7-22-8-6-15)20(24-23-19)26-11-9-25(10-12-26)13-14-27/h1-8,27H,9-14H2,(H,23,24). The maximum absolute atomic E-state index is 9.16. The van der Waals surface area contributed by atoms with E-state index in [1.54, 1.807) is 12.4 Å². The number of aliphatic hydroxyl groups excluding tert-OH is 1. The monoisotopic (exact) mass is 383 g/mol. The molecule has 0 amide bonds. The van der Waals surface area contributed by atoms with Crippen molar-refractivity contribution in [3.63, 3.8) is 0 Å². The molecule has 1 aromatic carbocycles. The number of halogens is 1. The summed E-state index contributed by atoms with van der Waals surface area (Å²) in [6.07, 6.45) is 3.61. The smallest absolute Gasteiger partial charge is 0.132 e. The third-order valence-corrected chi connectivity index (χ3v) is 5.19. The summed E-state index contributed by atoms with van der Waals surface area (Å²) in [6.45, 7) is 4.55. The number of rotatable bonds is 5. The Morgan fingerprint density at radius 1 is 0.963 bits per heavy atom. The number of nitrogens with zero attached hydrogens (tertiary/aromatic N) is 4. The number of aromatic amines is 1. The highest BCUT2D eigenvalue weighted by Crippen LogP contribution is 2.38. The molecule has 1 fully saturated rings. The van der Waals surface area contributed by atoms with Crippen LogP contribution in [0.3, 0.4) is 0 Å². The molecule has 0 aliphatic carbocycles. The quantitative estimate of drug-likeness (QED) is 0.709. The molecule has 0 saturated carbocycles. The summed E-state index contributed by atoms with van der Waals surface area (Å²) in [5.41, 5.74) is 4.09. The van der Waals surface area contributed by atoms with Gasteiger partial charge in [-0.1, -0.05) is 23.7 Å². The average Bonchev–Trinajstić information content (AvgIpc) is 3.15. The molecule has 140 valence electrons. The summed E-state index contributed by atoms with van der Waals surface area (Å²) in [4.78, 5) is 8.76. The van der Waals surface area contributed by atoms with Crippen molar-refractivity contribution in [1.29, 1.82) is 0 Å². The number of benzene rings is 1. The molecule has 4 rings (SSSR count). The van der Waals surface area contributed by atoms with Gasteiger partial charge in [-0.25, -0.2) is 0 Å². The van der Waals surface area contributed by atoms with Crippen LogP contribution >= 0.6 is 11.6 Å². The van der Waals surface area contributed by atoms with Gasteiger partial charge in [-0.3, -0.25) is 15.0 Å². The molecule has 1 aliphatic heterocycles. The topological polar surface area (TPSA) is 68.3 Å². The molecule has 0 atom stereocenters. The van der Waals surface area contributed by atoms with Gasteiger partial charge < -0.3 is 10.0 Å². The van der Waals surface area contributed by atoms with E-state index in [1.807, 2.05) is 36.4 Å². The second-order valence-corrected chi connectivity index (χ2v) is 7.03. The number of piperazine rings is 1. The van der Waals surface area contributed by atoms with Gasteiger partial charge in [0.1, 0.15) is 11.5 Å². The lowest BCUT2D eigenvalue weighted by atomic mass is 10.0. The van der Waals surface area contributed by atoms with Crippen LogP contribution in [0.1, 0.15) is 0 Å². The van der Waals surface area contributed by atoms with Crippen LogP contribution in [0.2, 0.25) is 5.02 Å². The first-order valence-corrected chi connectivity index (χ1v) is 9.47. The lowest BCUT2D eigenvalue weighted by molar-refractivity contribution is 0.188. The van der Waals surface area contributed by atoms with E-state index in [2.05, 4.69) is 25.0 Å². The van der Waals surface area contributed by atoms with Crippen molar-refractivity contribution in [2.45, 2.75) is 0 Å². The molecule has 6 nitrogen and oxygen atoms in total. The van der Waals surface area contributed by atoms with E-state index in [4.69, 9.17) is 16.7 Å². The van der Waals surface area contributed by atoms with E-state index >= 15 is 0 Å². The first-order chi connectivity index (χ1) is 13.3. The van der Waals surface area contributed by atoms with Gasteiger partial charge >= 0.3 is 0 Å². The van der Waals surface area contributed by atoms with Crippen molar-refractivity contribution in [3.05, 3.63) is 53.8 Å². The number of aromatic nitrogens is 3. The van der Waals surface area contributed by atoms with E-state index in [1.165, 1.54) is 0 Å². The average molecular weight is 384 g/mol. The molecule has 1 saturated heterocycles. The van der Waals surface area contributed by atoms with Crippen molar-refractivity contribution in [1.82, 2.24) is 20.1 Å². The molecule has 3 heterocycles. The van der Waals surface area contributed by atoms with Gasteiger partial charge in [0.2, 0.25) is 0 Å². The van der Waals surface area contributed by atoms with Crippen LogP contribution in [0.4, 0.5) is 5.82 Å². The summed E-state index contributed by atoms with van der Waals surface area (Å²) in [5, 5.41) is 17.8. The fourth-order valence-corrected chi connectivity index (χ4v) is 3.63. The minimum Gasteiger partial charge on any atom is -0.395 e. The van der Waals surface area contributed by atoms with E-state index < -0.39 is 0 Å². The van der Waals surface area contributed by atoms with Crippen LogP contribution in [0.15, 0.2) is 48.8 Å². The summed E-state index contributed by atoms with van der Waals surface area (Å²) in [6, 6.07) is 11.8. The number of aliphatic hydroxyl groups is 1. The first-order valence-electron chi connectivity index (χ1n) is 9.09. The largest absolute Gasteiger partial charge is 0.395 e. The Bertz CT molecular complexity index is 873. The van der Waals surface area contributed by atoms with E-state index in [0.29, 0.717) is 5.02 Å². The fraction of sp³-hybridized carbons (Fsp3) is 0.300. The third-order valence-electron chi connectivity index (χ3n) is 4.94. The Balaban J connectivity index is 1.71. The Hall–Kier alpha value is -2.41. The Kier molecular flexibility index (Phi) is 5.38. The zero-order valence-electron chi connectivity index (χ0n) is 15.0. The van der Waals surface area contributed by atoms with Crippen LogP contribution in [0, 0.1) is 0 Å². The molecule has 0 spiro atoms. The number of hydrogen-bond acceptors (Lipinski definition) is 5. The molecule has 3 aromatic rings. The van der Waals surface area contributed by atoms with E-state index in [0.717, 1.165) is 60.9 Å². The van der Waals surface area contributed by atoms with Gasteiger partial charge in [0.05, 0.1) is 12.2 Å². The zero-order chi connectivity index (χ0) is 18.6. The van der Waals surface area contributed by atoms with Crippen molar-refractivity contribution in [2.24, 2.45) is 0 Å². The summed E-state index contributed by atoms with van der Waals surface area (Å²) in [5.74, 6) is 1.02. The predicted molar refractivity (Wildman–Crippen MR) is 108 cm³/mol. The molecule has 1 aliphatic rings. The van der Waals surface area contributed by atoms with Gasteiger partial charge in [0, 0.05) is 55.7 Å². The number of pyridine rings is 1. The van der Waals surface area contributed by atoms with E-state index in [-0.39, 0.29) is 6.61 Å². The Morgan fingerprint density at radius 3 is 2.33 bits per heavy atom. The molecule has 7 heteroatoms. The van der Waals surface area contributed by atoms with Crippen LogP contribution in [0.5, 0.6) is 0 Å². The van der Waals surface area contributed by atoms with Crippen molar-refractivity contribution < 1.29 is 5.11 Å². The molecule has 0 unspecified atom stereocenters. The summed E-state index contributed by atoms with van der Waals surface area (Å²) < 4.78 is 0. The number of anilines is 1. The molecular weight excluding hydrogens is 362 g/mol. The van der Waals surface area contributed by atoms with Crippen molar-refractivity contribution >= 4 is 17.4 Å². The second kappa shape index (κ2) is 8.08. The van der Waals surface area contributed by atoms with Gasteiger partial charge in [0.25, 0.3) is 0 Å². The molecule has 2 N–H and O–H groups in total. The molecule has 0 bridgehead atoms. The molecular formula is C20H22ClN5O. The van der Waals surface area contributed by atoms with Gasteiger partial charge in [-0.05, 0) is 29.8 Å². The molecule has 2 aromatic heterocycles. The highest BCUT2D eigenvalue weighted by Gasteiger charge is 2.24. The maximum atomic E-state index is 9.16. The fourth-order valence-electron chi connectivity index (χ4n) is 3.51. The van der Waals surface area contributed by atoms with Crippen LogP contribution < -0.4 is 4.90 Å². The Morgan fingerprint density at radius 2 is 1.67 bits per heavy atom. The van der Waals surface area contributed by atoms with Crippen molar-refractivity contribution in [2.75, 3.05) is 44.2 Å². The second-order valence-electron chi connectivity index (χ2n) is 6.59. The third kappa shape index (κ3) is 3.83. The maximum Gasteiger partial charge on any atom is 0.132 e. The normalized spacial score (nSPS) is 15.3. The highest BCUT2D eigenvalue weighted by molar-refractivity contribution is 6.30. The van der Waals surface area contributed by atoms with Crippen LogP contribution in [-0.2, 0) is 0 Å². The van der Waals surface area contributed by atoms with Gasteiger partial charge in [0.15, 0.2) is 0 Å². The lowest BCUT2D eigenvalue weighted by Crippen LogP contribution is -2.47. The summed E-state index contributed by atoms with van der Waals surface area (Å²) >= 11 is 6.06. The minimum absolute atomic E-state index is 0.201. The SMILES string of the molecule is OCCN1CCN(c2[nH]nc(-c3ccc(Cl)cc3)c2-c2ccncc2)CC1. The minimum atomic E-state index is 0.201. The number of H-pyrrole nitrogens is 1. The first kappa shape index (κ1) is 18.0. The lowest BCUT2D eigenvalue weighted by Gasteiger charge is -2.35. The number of nitrogens with one attached hydrogen (secondary N) is 1. The van der Waals surface area contributed by atoms with E-state index in [9.17, 15) is 0 Å². The zero-order valence-corrected chi connectivity index (χ0v) is 15.7. The van der Waals surface area contributed by atoms with Gasteiger partial charge in [-0.2, -0.15) is 5.10 Å². The number of hydrogen-bond donors (Lipinski definition) is 2. The Labute approximate surface area is 163 Å². The highest BCUT2D eigenvalue weighted by atomic mass is 35.5. The van der Waals surface area contributed by atoms with Crippen LogP contribution in [-0.4, -0.2) is 64.5 Å². The van der Waals surface area contributed by atoms with Crippen LogP contribution in [0.25, 0.3) is 22.4 Å². The van der Waals surface area contributed by atoms with Crippen molar-refractivity contribution in [3.8, 4) is 22.4 Å². The van der Waals surface area contributed by atoms with Gasteiger partial charge in [-0.15, -0.1) is 0 Å². The molecule has 0 radical (unpaired) electrons. The molecule has 27 heavy (non-hydrogen) atoms. The number of β-amino-alcohol motifs (C(OH)–C–C–N with tert-alkyl or cyclic N) is 1. The summed E-state index contributed by atoms with van der Waals surface area (Å²) in [7, 11) is 0. The predicted octanol–water partition coefficient (Wildman–Crippen LogP) is 2.91.